The van der Waals surface area contributed by atoms with E-state index >= 15 is 0 Å². The van der Waals surface area contributed by atoms with Crippen LogP contribution in [0.4, 0.5) is 0 Å². The summed E-state index contributed by atoms with van der Waals surface area (Å²) in [5.74, 6) is 0.0145. The third kappa shape index (κ3) is 5.35. The number of likely N-dealkylation sites (N-methyl/N-ethyl adjacent to an activating group) is 1. The Labute approximate surface area is 152 Å². The van der Waals surface area contributed by atoms with Gasteiger partial charge in [-0.05, 0) is 39.3 Å². The monoisotopic (exact) mass is 361 g/mol. The Morgan fingerprint density at radius 3 is 2.39 bits per heavy atom. The van der Waals surface area contributed by atoms with Gasteiger partial charge in [-0.3, -0.25) is 4.79 Å². The van der Waals surface area contributed by atoms with Gasteiger partial charge in [-0.25, -0.2) is 0 Å². The van der Waals surface area contributed by atoms with Crippen LogP contribution in [0.25, 0.3) is 0 Å². The quantitative estimate of drug-likeness (QED) is 0.900. The number of hydrogen-bond donors (Lipinski definition) is 1. The number of rotatable bonds is 3. The highest BCUT2D eigenvalue weighted by Gasteiger charge is 2.30. The molecule has 2 N–H and O–H groups in total. The first kappa shape index (κ1) is 22.2. The van der Waals surface area contributed by atoms with E-state index in [4.69, 9.17) is 5.73 Å². The van der Waals surface area contributed by atoms with Crippen molar-refractivity contribution in [2.24, 2.45) is 5.73 Å². The van der Waals surface area contributed by atoms with Gasteiger partial charge in [0.2, 0.25) is 5.91 Å². The van der Waals surface area contributed by atoms with Crippen molar-refractivity contribution in [1.82, 2.24) is 9.80 Å². The number of hydrogen-bond acceptors (Lipinski definition) is 3. The van der Waals surface area contributed by atoms with Crippen molar-refractivity contribution >= 4 is 30.7 Å². The summed E-state index contributed by atoms with van der Waals surface area (Å²) in [6.45, 7) is 5.27. The maximum absolute atomic E-state index is 12.6. The van der Waals surface area contributed by atoms with Crippen LogP contribution in [0.3, 0.4) is 0 Å². The summed E-state index contributed by atoms with van der Waals surface area (Å²) in [7, 11) is 4.03. The molecule has 0 aromatic heterocycles. The first-order valence-corrected chi connectivity index (χ1v) is 7.69. The van der Waals surface area contributed by atoms with Gasteiger partial charge in [-0.15, -0.1) is 24.8 Å². The summed E-state index contributed by atoms with van der Waals surface area (Å²) in [4.78, 5) is 16.8. The predicted molar refractivity (Wildman–Crippen MR) is 100 cm³/mol. The Morgan fingerprint density at radius 2 is 1.87 bits per heavy atom. The zero-order chi connectivity index (χ0) is 15.6. The maximum Gasteiger partial charge on any atom is 0.244 e. The number of benzene rings is 1. The van der Waals surface area contributed by atoms with E-state index in [0.29, 0.717) is 12.1 Å². The number of halogens is 2. The van der Waals surface area contributed by atoms with Gasteiger partial charge in [0.05, 0.1) is 0 Å². The molecule has 4 nitrogen and oxygen atoms in total. The summed E-state index contributed by atoms with van der Waals surface area (Å²) in [6.07, 6.45) is 2.03. The fourth-order valence-corrected chi connectivity index (χ4v) is 2.93. The molecule has 1 heterocycles. The summed E-state index contributed by atoms with van der Waals surface area (Å²) in [5.41, 5.74) is 8.22. The minimum atomic E-state index is -0.564. The SMILES string of the molecule is Cc1ccc(C(N)C(=O)N(C)C2CCN(C)C(C)C2)cc1.Cl.Cl. The molecule has 0 radical (unpaired) electrons. The summed E-state index contributed by atoms with van der Waals surface area (Å²) < 4.78 is 0. The highest BCUT2D eigenvalue weighted by Crippen LogP contribution is 2.22. The van der Waals surface area contributed by atoms with E-state index < -0.39 is 6.04 Å². The smallest absolute Gasteiger partial charge is 0.244 e. The van der Waals surface area contributed by atoms with Crippen LogP contribution >= 0.6 is 24.8 Å². The van der Waals surface area contributed by atoms with Crippen LogP contribution in [0, 0.1) is 6.92 Å². The predicted octanol–water partition coefficient (Wildman–Crippen LogP) is 2.78. The molecule has 0 saturated carbocycles. The largest absolute Gasteiger partial charge is 0.341 e. The van der Waals surface area contributed by atoms with Crippen molar-refractivity contribution in [1.29, 1.82) is 0 Å². The van der Waals surface area contributed by atoms with E-state index in [1.54, 1.807) is 0 Å². The van der Waals surface area contributed by atoms with Crippen molar-refractivity contribution in [3.63, 3.8) is 0 Å². The summed E-state index contributed by atoms with van der Waals surface area (Å²) in [6, 6.07) is 8.13. The highest BCUT2D eigenvalue weighted by molar-refractivity contribution is 5.85. The number of likely N-dealkylation sites (tertiary alicyclic amines) is 1. The molecule has 132 valence electrons. The molecule has 1 aliphatic rings. The van der Waals surface area contributed by atoms with Crippen LogP contribution in [-0.2, 0) is 4.79 Å². The molecular weight excluding hydrogens is 333 g/mol. The lowest BCUT2D eigenvalue weighted by molar-refractivity contribution is -0.134. The van der Waals surface area contributed by atoms with Crippen molar-refractivity contribution < 1.29 is 4.79 Å². The molecule has 3 atom stereocenters. The van der Waals surface area contributed by atoms with Crippen molar-refractivity contribution in [2.75, 3.05) is 20.6 Å². The molecule has 1 amide bonds. The van der Waals surface area contributed by atoms with E-state index in [2.05, 4.69) is 18.9 Å². The fourth-order valence-electron chi connectivity index (χ4n) is 2.93. The molecule has 2 rings (SSSR count). The van der Waals surface area contributed by atoms with E-state index in [1.165, 1.54) is 5.56 Å². The highest BCUT2D eigenvalue weighted by atomic mass is 35.5. The van der Waals surface area contributed by atoms with Gasteiger partial charge in [0.15, 0.2) is 0 Å². The van der Waals surface area contributed by atoms with Crippen molar-refractivity contribution in [2.45, 2.75) is 44.8 Å². The lowest BCUT2D eigenvalue weighted by Crippen LogP contribution is -2.50. The van der Waals surface area contributed by atoms with Crippen molar-refractivity contribution in [3.8, 4) is 0 Å². The second-order valence-electron chi connectivity index (χ2n) is 6.35. The molecule has 1 aliphatic heterocycles. The number of nitrogens with zero attached hydrogens (tertiary/aromatic N) is 2. The van der Waals surface area contributed by atoms with Crippen LogP contribution in [-0.4, -0.2) is 48.4 Å². The number of piperidine rings is 1. The number of nitrogens with two attached hydrogens (primary N) is 1. The van der Waals surface area contributed by atoms with E-state index in [9.17, 15) is 4.79 Å². The van der Waals surface area contributed by atoms with Crippen LogP contribution in [0.15, 0.2) is 24.3 Å². The number of amides is 1. The number of carbonyl (C=O) groups excluding carboxylic acids is 1. The van der Waals surface area contributed by atoms with Gasteiger partial charge in [-0.1, -0.05) is 29.8 Å². The minimum absolute atomic E-state index is 0. The average molecular weight is 362 g/mol. The Bertz CT molecular complexity index is 495. The van der Waals surface area contributed by atoms with Crippen molar-refractivity contribution in [3.05, 3.63) is 35.4 Å². The second kappa shape index (κ2) is 9.48. The van der Waals surface area contributed by atoms with Gasteiger partial charge < -0.3 is 15.5 Å². The van der Waals surface area contributed by atoms with Gasteiger partial charge in [0.1, 0.15) is 6.04 Å². The molecule has 6 heteroatoms. The molecule has 23 heavy (non-hydrogen) atoms. The molecule has 3 unspecified atom stereocenters. The second-order valence-corrected chi connectivity index (χ2v) is 6.35. The lowest BCUT2D eigenvalue weighted by Gasteiger charge is -2.40. The standard InChI is InChI=1S/C17H27N3O.2ClH/c1-12-5-7-14(8-6-12)16(18)17(21)20(4)15-9-10-19(3)13(2)11-15;;/h5-8,13,15-16H,9-11,18H2,1-4H3;2*1H. The van der Waals surface area contributed by atoms with Gasteiger partial charge >= 0.3 is 0 Å². The molecule has 1 saturated heterocycles. The van der Waals surface area contributed by atoms with E-state index in [0.717, 1.165) is 24.9 Å². The molecule has 1 fully saturated rings. The zero-order valence-corrected chi connectivity index (χ0v) is 16.0. The van der Waals surface area contributed by atoms with Gasteiger partial charge in [0, 0.05) is 25.7 Å². The zero-order valence-electron chi connectivity index (χ0n) is 14.4. The molecule has 1 aromatic rings. The fraction of sp³-hybridized carbons (Fsp3) is 0.588. The summed E-state index contributed by atoms with van der Waals surface area (Å²) >= 11 is 0. The Balaban J connectivity index is 0.00000242. The van der Waals surface area contributed by atoms with Crippen LogP contribution in [0.5, 0.6) is 0 Å². The number of aryl methyl sites for hydroxylation is 1. The van der Waals surface area contributed by atoms with E-state index in [1.807, 2.05) is 43.1 Å². The topological polar surface area (TPSA) is 49.6 Å². The first-order valence-electron chi connectivity index (χ1n) is 7.69. The Hall–Kier alpha value is -0.810. The molecule has 0 aliphatic carbocycles. The molecular formula is C17H29Cl2N3O. The Kier molecular flexibility index (Phi) is 9.14. The first-order chi connectivity index (χ1) is 9.90. The number of carbonyl (C=O) groups is 1. The Morgan fingerprint density at radius 1 is 1.30 bits per heavy atom. The molecule has 1 aromatic carbocycles. The molecule has 0 bridgehead atoms. The summed E-state index contributed by atoms with van der Waals surface area (Å²) in [5, 5.41) is 0. The van der Waals surface area contributed by atoms with Gasteiger partial charge in [0.25, 0.3) is 0 Å². The van der Waals surface area contributed by atoms with Crippen LogP contribution in [0.1, 0.15) is 36.9 Å². The third-order valence-corrected chi connectivity index (χ3v) is 4.78. The minimum Gasteiger partial charge on any atom is -0.341 e. The third-order valence-electron chi connectivity index (χ3n) is 4.78. The molecule has 0 spiro atoms. The van der Waals surface area contributed by atoms with Crippen LogP contribution < -0.4 is 5.73 Å². The van der Waals surface area contributed by atoms with Gasteiger partial charge in [-0.2, -0.15) is 0 Å². The van der Waals surface area contributed by atoms with E-state index in [-0.39, 0.29) is 30.7 Å². The maximum atomic E-state index is 12.6. The lowest BCUT2D eigenvalue weighted by atomic mass is 9.96. The average Bonchev–Trinajstić information content (AvgIpc) is 2.48. The van der Waals surface area contributed by atoms with Crippen LogP contribution in [0.2, 0.25) is 0 Å². The normalized spacial score (nSPS) is 22.5.